The molecule has 1 heterocycles. The second-order valence-electron chi connectivity index (χ2n) is 8.57. The summed E-state index contributed by atoms with van der Waals surface area (Å²) in [6, 6.07) is 8.57. The highest BCUT2D eigenvalue weighted by Gasteiger charge is 2.33. The highest BCUT2D eigenvalue weighted by atomic mass is 32.2. The van der Waals surface area contributed by atoms with Crippen LogP contribution in [0.2, 0.25) is 0 Å². The minimum Gasteiger partial charge on any atom is -0.482 e. The number of hydrogen-bond donors (Lipinski definition) is 2. The van der Waals surface area contributed by atoms with E-state index in [4.69, 9.17) is 9.84 Å². The third kappa shape index (κ3) is 5.51. The Hall–Kier alpha value is -2.97. The zero-order valence-electron chi connectivity index (χ0n) is 18.5. The van der Waals surface area contributed by atoms with Crippen LogP contribution in [0.4, 0.5) is 0 Å². The summed E-state index contributed by atoms with van der Waals surface area (Å²) in [6.07, 6.45) is 11.3. The number of nitrogens with zero attached hydrogens (tertiary/aromatic N) is 1. The van der Waals surface area contributed by atoms with Crippen molar-refractivity contribution in [2.45, 2.75) is 50.0 Å². The molecule has 2 aromatic rings. The maximum absolute atomic E-state index is 13.2. The maximum Gasteiger partial charge on any atom is 0.341 e. The average Bonchev–Trinajstić information content (AvgIpc) is 3.00. The Morgan fingerprint density at radius 1 is 1.18 bits per heavy atom. The number of carboxylic acids is 1. The van der Waals surface area contributed by atoms with Crippen molar-refractivity contribution < 1.29 is 23.1 Å². The molecule has 0 radical (unpaired) electrons. The molecule has 1 saturated carbocycles. The van der Waals surface area contributed by atoms with Crippen LogP contribution in [0.3, 0.4) is 0 Å². The van der Waals surface area contributed by atoms with Crippen LogP contribution < -0.4 is 4.72 Å². The van der Waals surface area contributed by atoms with Crippen LogP contribution >= 0.6 is 0 Å². The Balaban J connectivity index is 1.54. The van der Waals surface area contributed by atoms with Gasteiger partial charge in [0.15, 0.2) is 6.61 Å². The average molecular weight is 469 g/mol. The number of fused-ring (bicyclic) bond motifs is 1. The molecule has 2 aliphatic carbocycles. The molecule has 0 amide bonds. The van der Waals surface area contributed by atoms with E-state index in [1.807, 2.05) is 25.1 Å². The summed E-state index contributed by atoms with van der Waals surface area (Å²) in [5.74, 6) is -0.515. The van der Waals surface area contributed by atoms with Gasteiger partial charge in [-0.25, -0.2) is 17.9 Å². The Morgan fingerprint density at radius 2 is 1.97 bits per heavy atom. The third-order valence-electron chi connectivity index (χ3n) is 6.15. The lowest BCUT2D eigenvalue weighted by atomic mass is 9.84. The first kappa shape index (κ1) is 23.2. The molecule has 33 heavy (non-hydrogen) atoms. The lowest BCUT2D eigenvalue weighted by Crippen LogP contribution is -2.41. The van der Waals surface area contributed by atoms with Crippen LogP contribution in [-0.4, -0.2) is 37.1 Å². The molecule has 2 unspecified atom stereocenters. The topological polar surface area (TPSA) is 106 Å². The largest absolute Gasteiger partial charge is 0.482 e. The van der Waals surface area contributed by atoms with Gasteiger partial charge in [0, 0.05) is 29.9 Å². The number of carboxylic acid groups (broad SMARTS) is 1. The van der Waals surface area contributed by atoms with E-state index in [-0.39, 0.29) is 16.9 Å². The monoisotopic (exact) mass is 468 g/mol. The number of nitrogens with one attached hydrogen (secondary N) is 1. The molecule has 0 bridgehead atoms. The number of rotatable bonds is 7. The van der Waals surface area contributed by atoms with Crippen LogP contribution in [0, 0.1) is 12.8 Å². The minimum absolute atomic E-state index is 0.0475. The van der Waals surface area contributed by atoms with Gasteiger partial charge in [0.05, 0.1) is 4.90 Å². The van der Waals surface area contributed by atoms with Gasteiger partial charge < -0.3 is 9.84 Å². The van der Waals surface area contributed by atoms with Crippen molar-refractivity contribution in [1.29, 1.82) is 0 Å². The maximum atomic E-state index is 13.2. The molecular formula is C25H28N2O5S. The van der Waals surface area contributed by atoms with Crippen molar-refractivity contribution in [2.24, 2.45) is 5.92 Å². The first-order valence-electron chi connectivity index (χ1n) is 11.1. The van der Waals surface area contributed by atoms with Crippen LogP contribution in [0.5, 0.6) is 0 Å². The molecule has 1 aromatic carbocycles. The van der Waals surface area contributed by atoms with Crippen LogP contribution in [0.25, 0.3) is 11.1 Å². The van der Waals surface area contributed by atoms with E-state index in [9.17, 15) is 13.2 Å². The van der Waals surface area contributed by atoms with E-state index < -0.39 is 22.6 Å². The highest BCUT2D eigenvalue weighted by Crippen LogP contribution is 2.37. The van der Waals surface area contributed by atoms with Gasteiger partial charge in [0.1, 0.15) is 5.76 Å². The van der Waals surface area contributed by atoms with E-state index in [1.165, 1.54) is 0 Å². The molecule has 8 heteroatoms. The highest BCUT2D eigenvalue weighted by molar-refractivity contribution is 7.89. The van der Waals surface area contributed by atoms with Crippen LogP contribution in [0.15, 0.2) is 71.1 Å². The number of sulfonamides is 1. The van der Waals surface area contributed by atoms with Crippen LogP contribution in [-0.2, 0) is 19.6 Å². The number of aromatic nitrogens is 1. The standard InChI is InChI=1S/C25H28N2O5S/c1-17-13-19(15-26-14-17)18-9-11-20(12-10-18)33(30,31)27-23-7-3-2-5-22-21(23)6-4-8-24(22)32-16-25(28)29/h4,8-15,21,23,27H,2-3,5-7,16H2,1H3,(H,28,29). The third-order valence-corrected chi connectivity index (χ3v) is 7.66. The number of ether oxygens (including phenoxy) is 1. The first-order chi connectivity index (χ1) is 15.8. The van der Waals surface area contributed by atoms with Gasteiger partial charge in [-0.05, 0) is 73.6 Å². The SMILES string of the molecule is Cc1cncc(-c2ccc(S(=O)(=O)NC3CCCCC4=C(OCC(=O)O)C=CCC43)cc2)c1. The van der Waals surface area contributed by atoms with Crippen molar-refractivity contribution in [3.05, 3.63) is 71.8 Å². The number of allylic oxidation sites excluding steroid dienone is 2. The lowest BCUT2D eigenvalue weighted by Gasteiger charge is -2.30. The van der Waals surface area contributed by atoms with Crippen molar-refractivity contribution in [1.82, 2.24) is 9.71 Å². The zero-order chi connectivity index (χ0) is 23.4. The number of benzene rings is 1. The van der Waals surface area contributed by atoms with Crippen molar-refractivity contribution >= 4 is 16.0 Å². The summed E-state index contributed by atoms with van der Waals surface area (Å²) in [6.45, 7) is 1.56. The molecule has 1 fully saturated rings. The normalized spacial score (nSPS) is 20.8. The molecule has 0 saturated heterocycles. The molecule has 2 N–H and O–H groups in total. The van der Waals surface area contributed by atoms with Gasteiger partial charge in [0.2, 0.25) is 10.0 Å². The Labute approximate surface area is 194 Å². The summed E-state index contributed by atoms with van der Waals surface area (Å²) in [4.78, 5) is 15.4. The number of aryl methyl sites for hydroxylation is 1. The smallest absolute Gasteiger partial charge is 0.341 e. The summed E-state index contributed by atoms with van der Waals surface area (Å²) in [5, 5.41) is 8.97. The second-order valence-corrected chi connectivity index (χ2v) is 10.3. The number of hydrogen-bond acceptors (Lipinski definition) is 5. The number of pyridine rings is 1. The number of aliphatic carboxylic acids is 1. The van der Waals surface area contributed by atoms with Gasteiger partial charge in [-0.2, -0.15) is 0 Å². The van der Waals surface area contributed by atoms with Gasteiger partial charge in [-0.1, -0.05) is 24.6 Å². The molecule has 2 aliphatic rings. The molecular weight excluding hydrogens is 440 g/mol. The Morgan fingerprint density at radius 3 is 2.70 bits per heavy atom. The fraction of sp³-hybridized carbons (Fsp3) is 0.360. The molecule has 7 nitrogen and oxygen atoms in total. The fourth-order valence-electron chi connectivity index (χ4n) is 4.58. The van der Waals surface area contributed by atoms with E-state index in [0.29, 0.717) is 12.2 Å². The molecule has 174 valence electrons. The van der Waals surface area contributed by atoms with E-state index in [1.54, 1.807) is 36.7 Å². The van der Waals surface area contributed by atoms with E-state index in [2.05, 4.69) is 9.71 Å². The van der Waals surface area contributed by atoms with Gasteiger partial charge in [-0.15, -0.1) is 0 Å². The van der Waals surface area contributed by atoms with Crippen LogP contribution in [0.1, 0.15) is 37.7 Å². The molecule has 0 aliphatic heterocycles. The Kier molecular flexibility index (Phi) is 6.95. The van der Waals surface area contributed by atoms with Gasteiger partial charge in [0.25, 0.3) is 0 Å². The Bertz CT molecular complexity index is 1190. The summed E-state index contributed by atoms with van der Waals surface area (Å²) in [5.41, 5.74) is 3.89. The predicted octanol–water partition coefficient (Wildman–Crippen LogP) is 4.21. The van der Waals surface area contributed by atoms with Crippen molar-refractivity contribution in [3.63, 3.8) is 0 Å². The first-order valence-corrected chi connectivity index (χ1v) is 12.6. The van der Waals surface area contributed by atoms with Crippen molar-refractivity contribution in [3.8, 4) is 11.1 Å². The van der Waals surface area contributed by atoms with E-state index in [0.717, 1.165) is 47.9 Å². The molecule has 2 atom stereocenters. The number of carbonyl (C=O) groups is 1. The minimum atomic E-state index is -3.72. The summed E-state index contributed by atoms with van der Waals surface area (Å²) >= 11 is 0. The quantitative estimate of drug-likeness (QED) is 0.631. The van der Waals surface area contributed by atoms with Gasteiger partial charge >= 0.3 is 5.97 Å². The van der Waals surface area contributed by atoms with Gasteiger partial charge in [-0.3, -0.25) is 4.98 Å². The molecule has 1 aromatic heterocycles. The van der Waals surface area contributed by atoms with Crippen molar-refractivity contribution in [2.75, 3.05) is 6.61 Å². The molecule has 0 spiro atoms. The van der Waals surface area contributed by atoms with E-state index >= 15 is 0 Å². The predicted molar refractivity (Wildman–Crippen MR) is 125 cm³/mol. The second kappa shape index (κ2) is 9.89. The molecule has 4 rings (SSSR count). The fourth-order valence-corrected chi connectivity index (χ4v) is 5.89. The summed E-state index contributed by atoms with van der Waals surface area (Å²) in [7, 11) is -3.72. The zero-order valence-corrected chi connectivity index (χ0v) is 19.3. The lowest BCUT2D eigenvalue weighted by molar-refractivity contribution is -0.140. The summed E-state index contributed by atoms with van der Waals surface area (Å²) < 4.78 is 34.9.